The number of halogens is 1. The summed E-state index contributed by atoms with van der Waals surface area (Å²) in [7, 11) is -3.82. The molecule has 0 saturated heterocycles. The Morgan fingerprint density at radius 3 is 2.41 bits per heavy atom. The molecule has 1 N–H and O–H groups in total. The summed E-state index contributed by atoms with van der Waals surface area (Å²) in [5.41, 5.74) is 2.25. The second kappa shape index (κ2) is 8.68. The molecule has 0 atom stereocenters. The Balaban J connectivity index is 1.92. The summed E-state index contributed by atoms with van der Waals surface area (Å²) in [6, 6.07) is 20.1. The third kappa shape index (κ3) is 4.60. The molecular formula is C22H21ClN2O3S. The van der Waals surface area contributed by atoms with Gasteiger partial charge in [0, 0.05) is 22.8 Å². The van der Waals surface area contributed by atoms with Gasteiger partial charge in [0.25, 0.3) is 15.9 Å². The maximum Gasteiger partial charge on any atom is 0.264 e. The third-order valence-electron chi connectivity index (χ3n) is 4.46. The number of hydrogen-bond donors (Lipinski definition) is 1. The van der Waals surface area contributed by atoms with Crippen LogP contribution in [0.2, 0.25) is 5.02 Å². The summed E-state index contributed by atoms with van der Waals surface area (Å²) in [6.07, 6.45) is 0. The van der Waals surface area contributed by atoms with Gasteiger partial charge >= 0.3 is 0 Å². The molecule has 29 heavy (non-hydrogen) atoms. The predicted molar refractivity (Wildman–Crippen MR) is 117 cm³/mol. The molecule has 0 saturated carbocycles. The predicted octanol–water partition coefficient (Wildman–Crippen LogP) is 5.12. The lowest BCUT2D eigenvalue weighted by Gasteiger charge is -2.23. The van der Waals surface area contributed by atoms with Crippen LogP contribution in [-0.2, 0) is 10.0 Å². The fourth-order valence-electron chi connectivity index (χ4n) is 2.93. The zero-order valence-corrected chi connectivity index (χ0v) is 17.7. The fourth-order valence-corrected chi connectivity index (χ4v) is 4.63. The van der Waals surface area contributed by atoms with E-state index in [0.29, 0.717) is 16.4 Å². The highest BCUT2D eigenvalue weighted by Gasteiger charge is 2.24. The van der Waals surface area contributed by atoms with Crippen molar-refractivity contribution in [1.82, 2.24) is 0 Å². The van der Waals surface area contributed by atoms with Crippen LogP contribution in [0.5, 0.6) is 0 Å². The van der Waals surface area contributed by atoms with E-state index in [1.165, 1.54) is 16.4 Å². The largest absolute Gasteiger partial charge is 0.322 e. The lowest BCUT2D eigenvalue weighted by Crippen LogP contribution is -2.31. The van der Waals surface area contributed by atoms with E-state index in [9.17, 15) is 13.2 Å². The number of para-hydroxylation sites is 1. The lowest BCUT2D eigenvalue weighted by atomic mass is 10.1. The van der Waals surface area contributed by atoms with Gasteiger partial charge < -0.3 is 5.32 Å². The van der Waals surface area contributed by atoms with Gasteiger partial charge in [-0.2, -0.15) is 0 Å². The van der Waals surface area contributed by atoms with E-state index in [4.69, 9.17) is 11.6 Å². The zero-order chi connectivity index (χ0) is 21.0. The molecule has 0 radical (unpaired) electrons. The second-order valence-corrected chi connectivity index (χ2v) is 8.75. The Kier molecular flexibility index (Phi) is 6.25. The van der Waals surface area contributed by atoms with Gasteiger partial charge in [0.2, 0.25) is 0 Å². The number of amides is 1. The Hall–Kier alpha value is -2.83. The van der Waals surface area contributed by atoms with Crippen molar-refractivity contribution in [2.24, 2.45) is 0 Å². The molecule has 7 heteroatoms. The normalized spacial score (nSPS) is 11.1. The summed E-state index contributed by atoms with van der Waals surface area (Å²) < 4.78 is 27.7. The number of carbonyl (C=O) groups is 1. The van der Waals surface area contributed by atoms with E-state index in [2.05, 4.69) is 5.32 Å². The van der Waals surface area contributed by atoms with Gasteiger partial charge in [0.15, 0.2) is 0 Å². The van der Waals surface area contributed by atoms with E-state index in [-0.39, 0.29) is 17.0 Å². The summed E-state index contributed by atoms with van der Waals surface area (Å²) in [4.78, 5) is 12.8. The maximum atomic E-state index is 13.2. The van der Waals surface area contributed by atoms with Gasteiger partial charge in [-0.25, -0.2) is 8.42 Å². The van der Waals surface area contributed by atoms with Crippen LogP contribution in [0.1, 0.15) is 22.8 Å². The first-order valence-corrected chi connectivity index (χ1v) is 10.9. The number of aryl methyl sites for hydroxylation is 1. The van der Waals surface area contributed by atoms with Crippen LogP contribution in [0.4, 0.5) is 11.4 Å². The van der Waals surface area contributed by atoms with Crippen molar-refractivity contribution < 1.29 is 13.2 Å². The first-order valence-electron chi connectivity index (χ1n) is 9.08. The number of benzene rings is 3. The number of carbonyl (C=O) groups excluding carboxylic acids is 1. The molecule has 0 aliphatic heterocycles. The number of rotatable bonds is 6. The van der Waals surface area contributed by atoms with Crippen molar-refractivity contribution in [2.75, 3.05) is 16.2 Å². The number of nitrogens with zero attached hydrogens (tertiary/aromatic N) is 1. The van der Waals surface area contributed by atoms with Gasteiger partial charge in [0.05, 0.1) is 10.6 Å². The van der Waals surface area contributed by atoms with Crippen molar-refractivity contribution >= 4 is 38.9 Å². The van der Waals surface area contributed by atoms with E-state index in [1.807, 2.05) is 13.0 Å². The average molecular weight is 429 g/mol. The van der Waals surface area contributed by atoms with Gasteiger partial charge in [-0.3, -0.25) is 9.10 Å². The number of anilines is 2. The van der Waals surface area contributed by atoms with E-state index >= 15 is 0 Å². The Labute approximate surface area is 176 Å². The van der Waals surface area contributed by atoms with Crippen LogP contribution in [0.3, 0.4) is 0 Å². The molecule has 0 aliphatic rings. The van der Waals surface area contributed by atoms with Crippen molar-refractivity contribution in [3.05, 3.63) is 88.9 Å². The minimum absolute atomic E-state index is 0.0543. The molecule has 0 heterocycles. The molecule has 5 nitrogen and oxygen atoms in total. The number of nitrogens with one attached hydrogen (secondary N) is 1. The summed E-state index contributed by atoms with van der Waals surface area (Å²) in [6.45, 7) is 3.89. The minimum Gasteiger partial charge on any atom is -0.322 e. The summed E-state index contributed by atoms with van der Waals surface area (Å²) in [5, 5.41) is 3.29. The zero-order valence-electron chi connectivity index (χ0n) is 16.1. The topological polar surface area (TPSA) is 66.5 Å². The van der Waals surface area contributed by atoms with Crippen LogP contribution in [0.15, 0.2) is 77.7 Å². The lowest BCUT2D eigenvalue weighted by molar-refractivity contribution is 0.102. The molecule has 0 bridgehead atoms. The van der Waals surface area contributed by atoms with Crippen molar-refractivity contribution in [2.45, 2.75) is 18.7 Å². The molecule has 3 rings (SSSR count). The molecule has 0 unspecified atom stereocenters. The average Bonchev–Trinajstić information content (AvgIpc) is 2.72. The van der Waals surface area contributed by atoms with Gasteiger partial charge in [-0.1, -0.05) is 41.9 Å². The summed E-state index contributed by atoms with van der Waals surface area (Å²) in [5.74, 6) is -0.407. The number of hydrogen-bond acceptors (Lipinski definition) is 3. The highest BCUT2D eigenvalue weighted by atomic mass is 35.5. The Morgan fingerprint density at radius 1 is 1.00 bits per heavy atom. The first kappa shape index (κ1) is 20.9. The molecule has 3 aromatic rings. The standard InChI is InChI=1S/C22H21ClN2O3S/c1-3-25(19-9-5-4-6-10-19)29(27,28)20-11-7-8-17(14-20)22(26)24-21-15-18(23)13-12-16(21)2/h4-15H,3H2,1-2H3,(H,24,26). The highest BCUT2D eigenvalue weighted by molar-refractivity contribution is 7.92. The first-order chi connectivity index (χ1) is 13.8. The molecular weight excluding hydrogens is 408 g/mol. The second-order valence-electron chi connectivity index (χ2n) is 6.45. The minimum atomic E-state index is -3.82. The smallest absolute Gasteiger partial charge is 0.264 e. The van der Waals surface area contributed by atoms with Crippen LogP contribution in [0.25, 0.3) is 0 Å². The van der Waals surface area contributed by atoms with Gasteiger partial charge in [0.1, 0.15) is 0 Å². The molecule has 0 fully saturated rings. The van der Waals surface area contributed by atoms with Crippen LogP contribution in [-0.4, -0.2) is 20.9 Å². The maximum absolute atomic E-state index is 13.2. The third-order valence-corrected chi connectivity index (χ3v) is 6.60. The molecule has 3 aromatic carbocycles. The van der Waals surface area contributed by atoms with Crippen molar-refractivity contribution in [3.63, 3.8) is 0 Å². The number of sulfonamides is 1. The van der Waals surface area contributed by atoms with Crippen LogP contribution >= 0.6 is 11.6 Å². The van der Waals surface area contributed by atoms with E-state index in [1.54, 1.807) is 61.5 Å². The van der Waals surface area contributed by atoms with Crippen LogP contribution in [0, 0.1) is 6.92 Å². The van der Waals surface area contributed by atoms with Crippen molar-refractivity contribution in [1.29, 1.82) is 0 Å². The van der Waals surface area contributed by atoms with Crippen LogP contribution < -0.4 is 9.62 Å². The fraction of sp³-hybridized carbons (Fsp3) is 0.136. The molecule has 0 aliphatic carbocycles. The monoisotopic (exact) mass is 428 g/mol. The Bertz CT molecular complexity index is 1130. The quantitative estimate of drug-likeness (QED) is 0.592. The molecule has 0 aromatic heterocycles. The molecule has 0 spiro atoms. The molecule has 1 amide bonds. The highest BCUT2D eigenvalue weighted by Crippen LogP contribution is 2.25. The van der Waals surface area contributed by atoms with E-state index in [0.717, 1.165) is 5.56 Å². The summed E-state index contributed by atoms with van der Waals surface area (Å²) >= 11 is 6.00. The van der Waals surface area contributed by atoms with E-state index < -0.39 is 15.9 Å². The Morgan fingerprint density at radius 2 is 1.72 bits per heavy atom. The SMILES string of the molecule is CCN(c1ccccc1)S(=O)(=O)c1cccc(C(=O)Nc2cc(Cl)ccc2C)c1. The van der Waals surface area contributed by atoms with Gasteiger partial charge in [-0.05, 0) is 61.9 Å². The van der Waals surface area contributed by atoms with Crippen molar-refractivity contribution in [3.8, 4) is 0 Å². The van der Waals surface area contributed by atoms with Gasteiger partial charge in [-0.15, -0.1) is 0 Å². The molecule has 150 valence electrons.